The molecule has 0 heterocycles. The third kappa shape index (κ3) is 9.57. The summed E-state index contributed by atoms with van der Waals surface area (Å²) < 4.78 is 5.60. The highest BCUT2D eigenvalue weighted by molar-refractivity contribution is 5.86. The zero-order valence-corrected chi connectivity index (χ0v) is 16.9. The number of nitrogens with zero attached hydrogens (tertiary/aromatic N) is 2. The monoisotopic (exact) mass is 392 g/mol. The summed E-state index contributed by atoms with van der Waals surface area (Å²) in [7, 11) is 0. The molecule has 0 amide bonds. The number of aryl methyl sites for hydroxylation is 1. The van der Waals surface area contributed by atoms with Gasteiger partial charge in [0.15, 0.2) is 0 Å². The number of benzene rings is 2. The number of ether oxygens (including phenoxy) is 1. The maximum atomic E-state index is 10.3. The van der Waals surface area contributed by atoms with Crippen molar-refractivity contribution in [2.45, 2.75) is 51.9 Å². The van der Waals surface area contributed by atoms with Crippen LogP contribution in [0.15, 0.2) is 58.8 Å². The minimum Gasteiger partial charge on any atom is -0.494 e. The molecule has 0 spiro atoms. The fourth-order valence-electron chi connectivity index (χ4n) is 2.70. The Morgan fingerprint density at radius 1 is 0.931 bits per heavy atom. The van der Waals surface area contributed by atoms with E-state index in [1.807, 2.05) is 36.4 Å². The normalized spacial score (nSPS) is 10.5. The summed E-state index contributed by atoms with van der Waals surface area (Å²) in [5, 5.41) is 17.0. The molecule has 0 fully saturated rings. The van der Waals surface area contributed by atoms with Gasteiger partial charge in [-0.2, -0.15) is 10.2 Å². The lowest BCUT2D eigenvalue weighted by Crippen LogP contribution is -1.96. The van der Waals surface area contributed by atoms with E-state index in [1.54, 1.807) is 0 Å². The summed E-state index contributed by atoms with van der Waals surface area (Å²) in [5.74, 6) is 4.29. The number of carboxylic acid groups (broad SMARTS) is 1. The highest BCUT2D eigenvalue weighted by Gasteiger charge is 1.97. The Morgan fingerprint density at radius 2 is 1.59 bits per heavy atom. The quantitative estimate of drug-likeness (QED) is 0.270. The molecule has 2 aromatic rings. The first kappa shape index (κ1) is 22.2. The van der Waals surface area contributed by atoms with Crippen molar-refractivity contribution in [2.24, 2.45) is 10.2 Å². The molecule has 152 valence electrons. The average Bonchev–Trinajstić information content (AvgIpc) is 2.74. The van der Waals surface area contributed by atoms with Gasteiger partial charge >= 0.3 is 5.97 Å². The van der Waals surface area contributed by atoms with Crippen LogP contribution < -0.4 is 4.74 Å². The van der Waals surface area contributed by atoms with Gasteiger partial charge in [-0.05, 0) is 61.2 Å². The van der Waals surface area contributed by atoms with Gasteiger partial charge in [0.25, 0.3) is 0 Å². The van der Waals surface area contributed by atoms with E-state index in [2.05, 4.69) is 41.1 Å². The standard InChI is InChI=1S/C24H28N2O3/c1-2-3-4-6-9-20-11-13-21(14-12-20)25-26-22-15-17-23(18-16-22)29-19-8-5-7-10-24(27)28/h11-18H,2-6,8-9,19H2,1H3,(H,27,28)/b26-25+. The Kier molecular flexibility index (Phi) is 10.0. The number of carbonyl (C=O) groups is 1. The van der Waals surface area contributed by atoms with Gasteiger partial charge in [0, 0.05) is 12.3 Å². The van der Waals surface area contributed by atoms with E-state index >= 15 is 0 Å². The van der Waals surface area contributed by atoms with Crippen LogP contribution >= 0.6 is 0 Å². The first-order valence-corrected chi connectivity index (χ1v) is 10.1. The van der Waals surface area contributed by atoms with Crippen LogP contribution in [0.2, 0.25) is 0 Å². The minimum absolute atomic E-state index is 0.486. The summed E-state index contributed by atoms with van der Waals surface area (Å²) in [6.45, 7) is 2.71. The molecule has 2 rings (SSSR count). The van der Waals surface area contributed by atoms with Crippen molar-refractivity contribution >= 4 is 17.3 Å². The van der Waals surface area contributed by atoms with Gasteiger partial charge in [0.2, 0.25) is 0 Å². The van der Waals surface area contributed by atoms with Crippen molar-refractivity contribution < 1.29 is 14.6 Å². The van der Waals surface area contributed by atoms with Gasteiger partial charge in [0.1, 0.15) is 5.75 Å². The molecule has 0 atom stereocenters. The van der Waals surface area contributed by atoms with Crippen molar-refractivity contribution in [1.29, 1.82) is 0 Å². The highest BCUT2D eigenvalue weighted by Crippen LogP contribution is 2.22. The van der Waals surface area contributed by atoms with Crippen LogP contribution in [0.5, 0.6) is 5.75 Å². The number of azo groups is 1. The van der Waals surface area contributed by atoms with Crippen LogP contribution in [0, 0.1) is 11.8 Å². The second-order valence-electron chi connectivity index (χ2n) is 6.73. The SMILES string of the molecule is CCCCCCc1ccc(/N=N/c2ccc(OCCCC#CC(=O)O)cc2)cc1. The fourth-order valence-corrected chi connectivity index (χ4v) is 2.70. The molecule has 0 saturated heterocycles. The third-order valence-electron chi connectivity index (χ3n) is 4.28. The lowest BCUT2D eigenvalue weighted by Gasteiger charge is -2.04. The molecule has 2 aromatic carbocycles. The zero-order valence-electron chi connectivity index (χ0n) is 16.9. The maximum absolute atomic E-state index is 10.3. The van der Waals surface area contributed by atoms with Crippen LogP contribution in [0.4, 0.5) is 11.4 Å². The Balaban J connectivity index is 1.75. The fraction of sp³-hybridized carbons (Fsp3) is 0.375. The largest absolute Gasteiger partial charge is 0.494 e. The van der Waals surface area contributed by atoms with E-state index in [4.69, 9.17) is 9.84 Å². The number of hydrogen-bond acceptors (Lipinski definition) is 4. The first-order chi connectivity index (χ1) is 14.2. The van der Waals surface area contributed by atoms with Crippen LogP contribution in [0.25, 0.3) is 0 Å². The van der Waals surface area contributed by atoms with Crippen LogP contribution in [0.1, 0.15) is 51.0 Å². The Labute approximate surface area is 172 Å². The second kappa shape index (κ2) is 13.1. The van der Waals surface area contributed by atoms with E-state index in [1.165, 1.54) is 31.2 Å². The summed E-state index contributed by atoms with van der Waals surface area (Å²) in [6.07, 6.45) is 7.38. The van der Waals surface area contributed by atoms with Crippen LogP contribution in [0.3, 0.4) is 0 Å². The minimum atomic E-state index is -1.10. The topological polar surface area (TPSA) is 71.2 Å². The van der Waals surface area contributed by atoms with E-state index in [0.717, 1.165) is 23.5 Å². The zero-order chi connectivity index (χ0) is 20.7. The smallest absolute Gasteiger partial charge is 0.381 e. The molecule has 0 saturated carbocycles. The summed E-state index contributed by atoms with van der Waals surface area (Å²) in [4.78, 5) is 10.3. The van der Waals surface area contributed by atoms with Crippen molar-refractivity contribution in [2.75, 3.05) is 6.61 Å². The van der Waals surface area contributed by atoms with Crippen LogP contribution in [-0.2, 0) is 11.2 Å². The van der Waals surface area contributed by atoms with Gasteiger partial charge in [-0.1, -0.05) is 44.2 Å². The van der Waals surface area contributed by atoms with Gasteiger partial charge < -0.3 is 9.84 Å². The predicted octanol–water partition coefficient (Wildman–Crippen LogP) is 6.47. The molecule has 0 aliphatic rings. The third-order valence-corrected chi connectivity index (χ3v) is 4.28. The van der Waals surface area contributed by atoms with Gasteiger partial charge in [-0.25, -0.2) is 4.79 Å². The molecule has 29 heavy (non-hydrogen) atoms. The molecule has 0 radical (unpaired) electrons. The second-order valence-corrected chi connectivity index (χ2v) is 6.73. The first-order valence-electron chi connectivity index (χ1n) is 10.1. The van der Waals surface area contributed by atoms with E-state index in [9.17, 15) is 4.79 Å². The van der Waals surface area contributed by atoms with E-state index in [0.29, 0.717) is 19.4 Å². The number of unbranched alkanes of at least 4 members (excludes halogenated alkanes) is 4. The summed E-state index contributed by atoms with van der Waals surface area (Å²) in [6, 6.07) is 15.6. The van der Waals surface area contributed by atoms with Crippen LogP contribution in [-0.4, -0.2) is 17.7 Å². The Hall–Kier alpha value is -3.13. The van der Waals surface area contributed by atoms with Crippen molar-refractivity contribution in [3.63, 3.8) is 0 Å². The van der Waals surface area contributed by atoms with Crippen molar-refractivity contribution in [3.8, 4) is 17.6 Å². The number of rotatable bonds is 11. The summed E-state index contributed by atoms with van der Waals surface area (Å²) in [5.41, 5.74) is 2.94. The average molecular weight is 392 g/mol. The number of aliphatic carboxylic acids is 1. The Morgan fingerprint density at radius 3 is 2.21 bits per heavy atom. The lowest BCUT2D eigenvalue weighted by molar-refractivity contribution is -0.130. The van der Waals surface area contributed by atoms with Crippen molar-refractivity contribution in [3.05, 3.63) is 54.1 Å². The Bertz CT molecular complexity index is 831. The van der Waals surface area contributed by atoms with Gasteiger partial charge in [-0.15, -0.1) is 0 Å². The lowest BCUT2D eigenvalue weighted by atomic mass is 10.1. The molecule has 0 aliphatic heterocycles. The summed E-state index contributed by atoms with van der Waals surface area (Å²) >= 11 is 0. The predicted molar refractivity (Wildman–Crippen MR) is 115 cm³/mol. The molecule has 0 bridgehead atoms. The van der Waals surface area contributed by atoms with E-state index < -0.39 is 5.97 Å². The van der Waals surface area contributed by atoms with Crippen molar-refractivity contribution in [1.82, 2.24) is 0 Å². The molecule has 0 unspecified atom stereocenters. The molecule has 0 aromatic heterocycles. The number of hydrogen-bond donors (Lipinski definition) is 1. The molecular formula is C24H28N2O3. The highest BCUT2D eigenvalue weighted by atomic mass is 16.5. The molecule has 5 heteroatoms. The molecule has 0 aliphatic carbocycles. The van der Waals surface area contributed by atoms with Gasteiger partial charge in [-0.3, -0.25) is 0 Å². The number of carboxylic acids is 1. The van der Waals surface area contributed by atoms with Gasteiger partial charge in [0.05, 0.1) is 18.0 Å². The molecular weight excluding hydrogens is 364 g/mol. The molecule has 1 N–H and O–H groups in total. The molecule has 5 nitrogen and oxygen atoms in total. The van der Waals surface area contributed by atoms with E-state index in [-0.39, 0.29) is 0 Å². The maximum Gasteiger partial charge on any atom is 0.381 e.